The van der Waals surface area contributed by atoms with Gasteiger partial charge in [0.1, 0.15) is 34.7 Å². The van der Waals surface area contributed by atoms with Crippen LogP contribution < -0.4 is 25.6 Å². The molecule has 3 saturated heterocycles. The van der Waals surface area contributed by atoms with Crippen LogP contribution in [0, 0.1) is 11.8 Å². The Hall–Kier alpha value is -5.42. The minimum Gasteiger partial charge on any atom is -0.488 e. The lowest BCUT2D eigenvalue weighted by molar-refractivity contribution is -0.146. The molecule has 5 aliphatic rings. The molecular weight excluding hydrogens is 791 g/mol. The zero-order valence-corrected chi connectivity index (χ0v) is 36.8. The summed E-state index contributed by atoms with van der Waals surface area (Å²) in [4.78, 5) is 44.2. The number of aromatic nitrogens is 6. The van der Waals surface area contributed by atoms with Crippen LogP contribution >= 0.6 is 0 Å². The first-order valence-electron chi connectivity index (χ1n) is 21.9. The second kappa shape index (κ2) is 15.4. The predicted molar refractivity (Wildman–Crippen MR) is 232 cm³/mol. The van der Waals surface area contributed by atoms with E-state index in [-0.39, 0.29) is 35.9 Å². The average Bonchev–Trinajstić information content (AvgIpc) is 3.80. The van der Waals surface area contributed by atoms with Gasteiger partial charge in [-0.2, -0.15) is 5.10 Å². The van der Waals surface area contributed by atoms with E-state index < -0.39 is 29.8 Å². The number of nitrogens with one attached hydrogen (secondary N) is 2. The zero-order valence-electron chi connectivity index (χ0n) is 36.8. The van der Waals surface area contributed by atoms with Gasteiger partial charge in [0.15, 0.2) is 5.54 Å². The summed E-state index contributed by atoms with van der Waals surface area (Å²) in [6.45, 7) is 16.7. The minimum absolute atomic E-state index is 0.0546. The Labute approximate surface area is 361 Å². The number of aliphatic carboxylic acids is 1. The van der Waals surface area contributed by atoms with Crippen molar-refractivity contribution >= 4 is 52.4 Å². The molecule has 2 aromatic carbocycles. The van der Waals surface area contributed by atoms with Crippen LogP contribution in [0.1, 0.15) is 106 Å². The normalized spacial score (nSPS) is 22.9. The molecule has 6 heterocycles. The highest BCUT2D eigenvalue weighted by molar-refractivity contribution is 6.62. The van der Waals surface area contributed by atoms with Gasteiger partial charge in [0.05, 0.1) is 40.6 Å². The molecule has 5 fully saturated rings. The quantitative estimate of drug-likeness (QED) is 0.134. The number of amides is 2. The molecular formula is C45H57BN8O8. The number of nitrogens with zero attached hydrogens (tertiary/aromatic N) is 6. The van der Waals surface area contributed by atoms with E-state index in [0.29, 0.717) is 49.5 Å². The van der Waals surface area contributed by atoms with Gasteiger partial charge in [-0.1, -0.05) is 0 Å². The summed E-state index contributed by atoms with van der Waals surface area (Å²) in [5.41, 5.74) is 4.04. The van der Waals surface area contributed by atoms with E-state index in [1.54, 1.807) is 26.1 Å². The third-order valence-electron chi connectivity index (χ3n) is 13.6. The van der Waals surface area contributed by atoms with Gasteiger partial charge in [-0.3, -0.25) is 14.3 Å². The molecule has 2 saturated carbocycles. The van der Waals surface area contributed by atoms with E-state index in [0.717, 1.165) is 51.7 Å². The number of fused-ring (bicyclic) bond motifs is 2. The number of benzene rings is 2. The smallest absolute Gasteiger partial charge is 0.488 e. The van der Waals surface area contributed by atoms with Crippen LogP contribution in [0.15, 0.2) is 49.2 Å². The van der Waals surface area contributed by atoms with Crippen molar-refractivity contribution in [3.8, 4) is 22.8 Å². The van der Waals surface area contributed by atoms with Gasteiger partial charge in [-0.05, 0) is 117 Å². The summed E-state index contributed by atoms with van der Waals surface area (Å²) in [6.07, 6.45) is 10.7. The fourth-order valence-electron chi connectivity index (χ4n) is 8.39. The lowest BCUT2D eigenvalue weighted by atomic mass is 9.78. The number of ether oxygens (including phenoxy) is 2. The first kappa shape index (κ1) is 41.9. The molecule has 2 aliphatic carbocycles. The molecule has 0 unspecified atom stereocenters. The Balaban J connectivity index is 0.000000158. The van der Waals surface area contributed by atoms with Crippen molar-refractivity contribution < 1.29 is 38.3 Å². The van der Waals surface area contributed by atoms with Crippen LogP contribution in [0.3, 0.4) is 0 Å². The number of carbonyl (C=O) groups is 3. The van der Waals surface area contributed by atoms with Crippen LogP contribution in [0.5, 0.6) is 11.5 Å². The Morgan fingerprint density at radius 3 is 1.79 bits per heavy atom. The summed E-state index contributed by atoms with van der Waals surface area (Å²) >= 11 is 0. The van der Waals surface area contributed by atoms with Crippen LogP contribution in [0.4, 0.5) is 0 Å². The van der Waals surface area contributed by atoms with Crippen LogP contribution in [-0.2, 0) is 29.2 Å². The second-order valence-corrected chi connectivity index (χ2v) is 19.3. The molecule has 0 spiro atoms. The Morgan fingerprint density at radius 2 is 1.32 bits per heavy atom. The Bertz CT molecular complexity index is 2540. The molecule has 17 heteroatoms. The predicted octanol–water partition coefficient (Wildman–Crippen LogP) is 5.53. The van der Waals surface area contributed by atoms with E-state index in [1.165, 1.54) is 17.5 Å². The van der Waals surface area contributed by atoms with Gasteiger partial charge in [0.2, 0.25) is 11.8 Å². The van der Waals surface area contributed by atoms with Crippen LogP contribution in [0.25, 0.3) is 33.3 Å². The molecule has 3 N–H and O–H groups in total. The van der Waals surface area contributed by atoms with Gasteiger partial charge >= 0.3 is 13.1 Å². The van der Waals surface area contributed by atoms with E-state index in [2.05, 4.69) is 68.6 Å². The standard InChI is InChI=1S/C23H27N5O4.C22H30BN3O4/c1-13(15-10-20(29)24-11-15)32-19-9-14(8-18-21(19)27(12-25-18)16-4-5-16)17-6-7-28(26-17)23(2,3)22(30)31;1-13(14-8-19(27)24-11-14)28-18-10-15(23-29-21(2,3)22(4,5)30-23)9-17-20(18)26(12-25-17)16-6-7-16/h6-9,12-13,15-16H,4-5,10-11H2,1-3H3,(H,24,29)(H,30,31);9-10,12-14,16H,6-8,11H2,1-5H3,(H,24,27)/t13-,15-;13-,14-/m11/s1. The van der Waals surface area contributed by atoms with Crippen LogP contribution in [0.2, 0.25) is 0 Å². The maximum absolute atomic E-state index is 11.7. The van der Waals surface area contributed by atoms with Gasteiger partial charge in [-0.15, -0.1) is 0 Å². The average molecular weight is 849 g/mol. The van der Waals surface area contributed by atoms with Crippen LogP contribution in [-0.4, -0.2) is 95.4 Å². The zero-order chi connectivity index (χ0) is 43.9. The summed E-state index contributed by atoms with van der Waals surface area (Å²) in [5, 5.41) is 19.8. The molecule has 10 rings (SSSR count). The minimum atomic E-state index is -1.16. The van der Waals surface area contributed by atoms with E-state index in [9.17, 15) is 19.5 Å². The van der Waals surface area contributed by atoms with Gasteiger partial charge < -0.3 is 43.7 Å². The van der Waals surface area contributed by atoms with Crippen molar-refractivity contribution in [3.05, 3.63) is 49.2 Å². The molecule has 0 radical (unpaired) electrons. The fourth-order valence-corrected chi connectivity index (χ4v) is 8.39. The molecule has 5 aromatic rings. The summed E-state index contributed by atoms with van der Waals surface area (Å²) in [6, 6.07) is 10.7. The lowest BCUT2D eigenvalue weighted by Crippen LogP contribution is -2.41. The summed E-state index contributed by atoms with van der Waals surface area (Å²) in [7, 11) is -0.474. The summed E-state index contributed by atoms with van der Waals surface area (Å²) in [5.74, 6) is 0.950. The van der Waals surface area contributed by atoms with Crippen molar-refractivity contribution in [2.45, 2.75) is 135 Å². The molecule has 2 amide bonds. The van der Waals surface area contributed by atoms with Crippen molar-refractivity contribution in [1.82, 2.24) is 39.5 Å². The van der Waals surface area contributed by atoms with Crippen molar-refractivity contribution in [2.24, 2.45) is 11.8 Å². The highest BCUT2D eigenvalue weighted by Crippen LogP contribution is 2.43. The third kappa shape index (κ3) is 7.93. The first-order chi connectivity index (χ1) is 29.4. The number of carboxylic acids is 1. The highest BCUT2D eigenvalue weighted by Gasteiger charge is 2.52. The number of carboxylic acid groups (broad SMARTS) is 1. The van der Waals surface area contributed by atoms with E-state index in [4.69, 9.17) is 18.8 Å². The summed E-state index contributed by atoms with van der Waals surface area (Å²) < 4.78 is 31.3. The first-order valence-corrected chi connectivity index (χ1v) is 21.9. The number of hydrogen-bond acceptors (Lipinski definition) is 10. The SMILES string of the molecule is C[C@@H](Oc1cc(-c2ccn(C(C)(C)C(=O)O)n2)cc2ncn(C3CC3)c12)[C@H]1CNC(=O)C1.C[C@@H](Oc1cc(B2OC(C)(C)C(C)(C)O2)cc2ncn(C3CC3)c12)[C@H]1CNC(=O)C1. The maximum atomic E-state index is 11.7. The number of hydrogen-bond donors (Lipinski definition) is 3. The molecule has 3 aliphatic heterocycles. The van der Waals surface area contributed by atoms with Gasteiger partial charge in [0.25, 0.3) is 0 Å². The largest absolute Gasteiger partial charge is 0.495 e. The molecule has 3 aromatic heterocycles. The highest BCUT2D eigenvalue weighted by atomic mass is 16.7. The van der Waals surface area contributed by atoms with E-state index in [1.807, 2.05) is 44.7 Å². The second-order valence-electron chi connectivity index (χ2n) is 19.3. The lowest BCUT2D eigenvalue weighted by Gasteiger charge is -2.32. The van der Waals surface area contributed by atoms with E-state index >= 15 is 0 Å². The topological polar surface area (TPSA) is 186 Å². The molecule has 328 valence electrons. The number of carbonyl (C=O) groups excluding carboxylic acids is 2. The Morgan fingerprint density at radius 1 is 0.823 bits per heavy atom. The molecule has 0 bridgehead atoms. The number of rotatable bonds is 12. The maximum Gasteiger partial charge on any atom is 0.495 e. The molecule has 62 heavy (non-hydrogen) atoms. The third-order valence-corrected chi connectivity index (χ3v) is 13.6. The van der Waals surface area contributed by atoms with Crippen molar-refractivity contribution in [2.75, 3.05) is 13.1 Å². The fraction of sp³-hybridized carbons (Fsp3) is 0.556. The molecule has 16 nitrogen and oxygen atoms in total. The van der Waals surface area contributed by atoms with Gasteiger partial charge in [0, 0.05) is 61.6 Å². The number of imidazole rings is 2. The monoisotopic (exact) mass is 848 g/mol. The van der Waals surface area contributed by atoms with Crippen molar-refractivity contribution in [1.29, 1.82) is 0 Å². The molecule has 4 atom stereocenters. The van der Waals surface area contributed by atoms with Crippen molar-refractivity contribution in [3.63, 3.8) is 0 Å². The van der Waals surface area contributed by atoms with Gasteiger partial charge in [-0.25, -0.2) is 14.8 Å². The Kier molecular flexibility index (Phi) is 10.4.